The smallest absolute Gasteiger partial charge is 0.0808 e. The quantitative estimate of drug-likeness (QED) is 0.687. The Balaban J connectivity index is 2.49. The molecule has 1 heterocycles. The Morgan fingerprint density at radius 2 is 2.46 bits per heavy atom. The van der Waals surface area contributed by atoms with Gasteiger partial charge in [0.1, 0.15) is 0 Å². The van der Waals surface area contributed by atoms with Crippen molar-refractivity contribution in [1.29, 1.82) is 0 Å². The minimum Gasteiger partial charge on any atom is -0.550 e. The molecule has 70 valence electrons. The normalized spacial score (nSPS) is 12.4. The maximum Gasteiger partial charge on any atom is 0.0808 e. The summed E-state index contributed by atoms with van der Waals surface area (Å²) in [5.41, 5.74) is 0.628. The molecule has 0 fully saturated rings. The number of nitrogens with zero attached hydrogens (tertiary/aromatic N) is 1. The number of aliphatic hydroxyl groups is 1. The number of aliphatic carboxylic acids is 1. The minimum absolute atomic E-state index is 0.143. The summed E-state index contributed by atoms with van der Waals surface area (Å²) in [4.78, 5) is 13.9. The molecule has 0 saturated heterocycles. The van der Waals surface area contributed by atoms with Gasteiger partial charge in [-0.3, -0.25) is 4.98 Å². The molecule has 0 aliphatic carbocycles. The van der Waals surface area contributed by atoms with Crippen molar-refractivity contribution >= 4 is 5.97 Å². The van der Waals surface area contributed by atoms with E-state index in [0.717, 1.165) is 0 Å². The van der Waals surface area contributed by atoms with Gasteiger partial charge in [-0.15, -0.1) is 0 Å². The third kappa shape index (κ3) is 3.21. The number of pyridine rings is 1. The lowest BCUT2D eigenvalue weighted by atomic mass is 10.1. The molecule has 0 radical (unpaired) electrons. The zero-order valence-electron chi connectivity index (χ0n) is 7.01. The van der Waals surface area contributed by atoms with Crippen LogP contribution < -0.4 is 5.11 Å². The number of aliphatic hydroxyl groups excluding tert-OH is 1. The van der Waals surface area contributed by atoms with E-state index < -0.39 is 12.1 Å². The Morgan fingerprint density at radius 1 is 1.69 bits per heavy atom. The molecule has 4 nitrogen and oxygen atoms in total. The molecule has 0 aromatic carbocycles. The topological polar surface area (TPSA) is 73.2 Å². The van der Waals surface area contributed by atoms with Gasteiger partial charge in [0.05, 0.1) is 6.10 Å². The van der Waals surface area contributed by atoms with E-state index in [0.29, 0.717) is 5.56 Å². The molecule has 1 N–H and O–H groups in total. The van der Waals surface area contributed by atoms with Crippen LogP contribution in [0, 0.1) is 0 Å². The van der Waals surface area contributed by atoms with Crippen LogP contribution in [0.25, 0.3) is 0 Å². The highest BCUT2D eigenvalue weighted by molar-refractivity contribution is 5.64. The van der Waals surface area contributed by atoms with Crippen LogP contribution in [0.5, 0.6) is 0 Å². The van der Waals surface area contributed by atoms with Crippen molar-refractivity contribution in [3.05, 3.63) is 30.1 Å². The van der Waals surface area contributed by atoms with Crippen molar-refractivity contribution in [3.63, 3.8) is 0 Å². The van der Waals surface area contributed by atoms with Crippen molar-refractivity contribution in [2.24, 2.45) is 0 Å². The molecule has 0 aliphatic rings. The monoisotopic (exact) mass is 180 g/mol. The van der Waals surface area contributed by atoms with Crippen LogP contribution in [0.1, 0.15) is 24.5 Å². The van der Waals surface area contributed by atoms with E-state index >= 15 is 0 Å². The highest BCUT2D eigenvalue weighted by atomic mass is 16.4. The van der Waals surface area contributed by atoms with Gasteiger partial charge >= 0.3 is 0 Å². The Morgan fingerprint density at radius 3 is 3.00 bits per heavy atom. The predicted molar refractivity (Wildman–Crippen MR) is 43.4 cm³/mol. The second-order valence-corrected chi connectivity index (χ2v) is 2.71. The molecule has 0 aliphatic heterocycles. The third-order valence-electron chi connectivity index (χ3n) is 1.69. The van der Waals surface area contributed by atoms with Crippen molar-refractivity contribution < 1.29 is 15.0 Å². The molecule has 0 amide bonds. The summed E-state index contributed by atoms with van der Waals surface area (Å²) in [6.45, 7) is 0. The number of rotatable bonds is 4. The van der Waals surface area contributed by atoms with E-state index in [9.17, 15) is 15.0 Å². The van der Waals surface area contributed by atoms with Crippen LogP contribution in [0.3, 0.4) is 0 Å². The fourth-order valence-electron chi connectivity index (χ4n) is 0.994. The number of hydrogen-bond donors (Lipinski definition) is 1. The molecule has 1 aromatic heterocycles. The van der Waals surface area contributed by atoms with Gasteiger partial charge in [-0.25, -0.2) is 0 Å². The first-order valence-corrected chi connectivity index (χ1v) is 3.98. The maximum absolute atomic E-state index is 10.1. The number of carboxylic acids is 1. The van der Waals surface area contributed by atoms with E-state index in [1.807, 2.05) is 0 Å². The second kappa shape index (κ2) is 4.57. The summed E-state index contributed by atoms with van der Waals surface area (Å²) in [6.07, 6.45) is 2.35. The van der Waals surface area contributed by atoms with Gasteiger partial charge in [0.15, 0.2) is 0 Å². The summed E-state index contributed by atoms with van der Waals surface area (Å²) < 4.78 is 0. The lowest BCUT2D eigenvalue weighted by Gasteiger charge is -2.09. The average Bonchev–Trinajstić information content (AvgIpc) is 2.15. The largest absolute Gasteiger partial charge is 0.550 e. The molecule has 13 heavy (non-hydrogen) atoms. The predicted octanol–water partition coefficient (Wildman–Crippen LogP) is -0.355. The van der Waals surface area contributed by atoms with Crippen LogP contribution in [-0.2, 0) is 4.79 Å². The number of carbonyl (C=O) groups excluding carboxylic acids is 1. The van der Waals surface area contributed by atoms with Crippen LogP contribution in [0.4, 0.5) is 0 Å². The molecular formula is C9H10NO3-. The average molecular weight is 180 g/mol. The van der Waals surface area contributed by atoms with Gasteiger partial charge in [-0.2, -0.15) is 0 Å². The van der Waals surface area contributed by atoms with Gasteiger partial charge in [-0.05, 0) is 24.5 Å². The zero-order chi connectivity index (χ0) is 9.68. The number of carboxylic acid groups (broad SMARTS) is 1. The first-order valence-electron chi connectivity index (χ1n) is 3.98. The van der Waals surface area contributed by atoms with Crippen LogP contribution in [0.2, 0.25) is 0 Å². The van der Waals surface area contributed by atoms with Gasteiger partial charge in [0.2, 0.25) is 0 Å². The third-order valence-corrected chi connectivity index (χ3v) is 1.69. The second-order valence-electron chi connectivity index (χ2n) is 2.71. The van der Waals surface area contributed by atoms with Crippen molar-refractivity contribution in [1.82, 2.24) is 4.98 Å². The minimum atomic E-state index is -1.15. The molecule has 1 atom stereocenters. The Bertz CT molecular complexity index is 273. The molecule has 0 saturated carbocycles. The van der Waals surface area contributed by atoms with Crippen LogP contribution in [0.15, 0.2) is 24.5 Å². The number of hydrogen-bond acceptors (Lipinski definition) is 4. The Labute approximate surface area is 75.9 Å². The van der Waals surface area contributed by atoms with E-state index in [2.05, 4.69) is 4.98 Å². The first-order chi connectivity index (χ1) is 6.20. The summed E-state index contributed by atoms with van der Waals surface area (Å²) in [7, 11) is 0. The number of carbonyl (C=O) groups is 1. The maximum atomic E-state index is 10.1. The summed E-state index contributed by atoms with van der Waals surface area (Å²) >= 11 is 0. The SMILES string of the molecule is O=C([O-])CCC(O)c1cccnc1. The van der Waals surface area contributed by atoms with E-state index in [-0.39, 0.29) is 12.8 Å². The van der Waals surface area contributed by atoms with Gasteiger partial charge < -0.3 is 15.0 Å². The lowest BCUT2D eigenvalue weighted by molar-refractivity contribution is -0.306. The van der Waals surface area contributed by atoms with Crippen molar-refractivity contribution in [2.45, 2.75) is 18.9 Å². The summed E-state index contributed by atoms with van der Waals surface area (Å²) in [5.74, 6) is -1.15. The molecule has 0 bridgehead atoms. The Kier molecular flexibility index (Phi) is 3.40. The van der Waals surface area contributed by atoms with E-state index in [1.54, 1.807) is 18.3 Å². The highest BCUT2D eigenvalue weighted by Gasteiger charge is 2.06. The standard InChI is InChI=1S/C9H11NO3/c11-8(3-4-9(12)13)7-2-1-5-10-6-7/h1-2,5-6,8,11H,3-4H2,(H,12,13)/p-1. The molecule has 0 spiro atoms. The van der Waals surface area contributed by atoms with Crippen LogP contribution in [-0.4, -0.2) is 16.1 Å². The molecular weight excluding hydrogens is 170 g/mol. The van der Waals surface area contributed by atoms with E-state index in [1.165, 1.54) is 6.20 Å². The first kappa shape index (κ1) is 9.67. The van der Waals surface area contributed by atoms with Crippen molar-refractivity contribution in [2.75, 3.05) is 0 Å². The van der Waals surface area contributed by atoms with E-state index in [4.69, 9.17) is 0 Å². The molecule has 1 rings (SSSR count). The van der Waals surface area contributed by atoms with Gasteiger partial charge in [0.25, 0.3) is 0 Å². The molecule has 4 heteroatoms. The fraction of sp³-hybridized carbons (Fsp3) is 0.333. The lowest BCUT2D eigenvalue weighted by Crippen LogP contribution is -2.22. The summed E-state index contributed by atoms with van der Waals surface area (Å²) in [6, 6.07) is 3.39. The fourth-order valence-corrected chi connectivity index (χ4v) is 0.994. The Hall–Kier alpha value is -1.42. The molecule has 1 aromatic rings. The summed E-state index contributed by atoms with van der Waals surface area (Å²) in [5, 5.41) is 19.5. The number of aromatic nitrogens is 1. The van der Waals surface area contributed by atoms with Gasteiger partial charge in [-0.1, -0.05) is 6.07 Å². The van der Waals surface area contributed by atoms with Crippen molar-refractivity contribution in [3.8, 4) is 0 Å². The van der Waals surface area contributed by atoms with Gasteiger partial charge in [0, 0.05) is 18.4 Å². The van der Waals surface area contributed by atoms with Crippen LogP contribution >= 0.6 is 0 Å². The highest BCUT2D eigenvalue weighted by Crippen LogP contribution is 2.15. The molecule has 1 unspecified atom stereocenters. The zero-order valence-corrected chi connectivity index (χ0v) is 7.01.